The summed E-state index contributed by atoms with van der Waals surface area (Å²) < 4.78 is 0. The van der Waals surface area contributed by atoms with Gasteiger partial charge in [-0.05, 0) is 50.5 Å². The molecule has 0 aromatic carbocycles. The summed E-state index contributed by atoms with van der Waals surface area (Å²) in [5.41, 5.74) is 13.9. The number of hydrogen-bond acceptors (Lipinski definition) is 2. The monoisotopic (exact) mass is 491 g/mol. The fraction of sp³-hybridized carbons (Fsp3) is 1.00. The molecule has 0 spiro atoms. The van der Waals surface area contributed by atoms with Gasteiger partial charge in [0.1, 0.15) is 0 Å². The molecule has 4 N–H and O–H groups in total. The third-order valence-electron chi connectivity index (χ3n) is 9.81. The second kappa shape index (κ2) is 20.9. The molecule has 2 nitrogen and oxygen atoms in total. The average Bonchev–Trinajstić information content (AvgIpc) is 2.87. The molecule has 2 fully saturated rings. The summed E-state index contributed by atoms with van der Waals surface area (Å²) in [5.74, 6) is 1.37. The van der Waals surface area contributed by atoms with Gasteiger partial charge < -0.3 is 11.5 Å². The van der Waals surface area contributed by atoms with Gasteiger partial charge >= 0.3 is 0 Å². The molecule has 0 atom stereocenters. The van der Waals surface area contributed by atoms with Crippen molar-refractivity contribution in [3.05, 3.63) is 0 Å². The van der Waals surface area contributed by atoms with Gasteiger partial charge in [-0.3, -0.25) is 0 Å². The minimum Gasteiger partial charge on any atom is -0.330 e. The second-order valence-electron chi connectivity index (χ2n) is 12.7. The van der Waals surface area contributed by atoms with Gasteiger partial charge in [-0.1, -0.05) is 154 Å². The van der Waals surface area contributed by atoms with E-state index in [9.17, 15) is 0 Å². The lowest BCUT2D eigenvalue weighted by Gasteiger charge is -2.45. The van der Waals surface area contributed by atoms with E-state index < -0.39 is 0 Å². The zero-order chi connectivity index (χ0) is 24.9. The standard InChI is InChI=1S/C33H66N2/c34-30-29-33(35,31-25-21-17-13-9-5-1-2-6-10-14-18-22-26-31)32-27-23-19-15-11-7-3-4-8-12-16-20-24-28-32/h31-32H,1-30,34-35H2. The molecule has 2 rings (SSSR count). The lowest BCUT2D eigenvalue weighted by Crippen LogP contribution is -2.54. The molecule has 0 heterocycles. The molecule has 0 unspecified atom stereocenters. The molecular weight excluding hydrogens is 424 g/mol. The molecule has 0 amide bonds. The van der Waals surface area contributed by atoms with Crippen molar-refractivity contribution in [1.29, 1.82) is 0 Å². The molecule has 2 saturated carbocycles. The summed E-state index contributed by atoms with van der Waals surface area (Å²) in [6.45, 7) is 0.767. The van der Waals surface area contributed by atoms with Crippen LogP contribution in [0.3, 0.4) is 0 Å². The second-order valence-corrected chi connectivity index (χ2v) is 12.7. The molecule has 0 aromatic rings. The van der Waals surface area contributed by atoms with Crippen LogP contribution in [0.1, 0.15) is 186 Å². The van der Waals surface area contributed by atoms with Gasteiger partial charge in [0.15, 0.2) is 0 Å². The van der Waals surface area contributed by atoms with Crippen LogP contribution in [-0.2, 0) is 0 Å². The van der Waals surface area contributed by atoms with Crippen LogP contribution in [0.4, 0.5) is 0 Å². The van der Waals surface area contributed by atoms with Crippen molar-refractivity contribution in [1.82, 2.24) is 0 Å². The van der Waals surface area contributed by atoms with Crippen molar-refractivity contribution < 1.29 is 0 Å². The molecular formula is C33H66N2. The van der Waals surface area contributed by atoms with E-state index in [0.717, 1.165) is 13.0 Å². The summed E-state index contributed by atoms with van der Waals surface area (Å²) in [7, 11) is 0. The zero-order valence-corrected chi connectivity index (χ0v) is 24.0. The highest BCUT2D eigenvalue weighted by Gasteiger charge is 2.40. The Morgan fingerprint density at radius 1 is 0.371 bits per heavy atom. The zero-order valence-electron chi connectivity index (χ0n) is 24.0. The van der Waals surface area contributed by atoms with Crippen molar-refractivity contribution >= 4 is 0 Å². The predicted octanol–water partition coefficient (Wildman–Crippen LogP) is 10.2. The molecule has 2 aliphatic carbocycles. The Kier molecular flexibility index (Phi) is 18.6. The first-order chi connectivity index (χ1) is 17.3. The first-order valence-electron chi connectivity index (χ1n) is 16.8. The van der Waals surface area contributed by atoms with Crippen molar-refractivity contribution in [3.63, 3.8) is 0 Å². The Bertz CT molecular complexity index is 394. The Labute approximate surface area is 221 Å². The van der Waals surface area contributed by atoms with Crippen molar-refractivity contribution in [2.45, 2.75) is 192 Å². The third-order valence-corrected chi connectivity index (χ3v) is 9.81. The quantitative estimate of drug-likeness (QED) is 0.411. The van der Waals surface area contributed by atoms with E-state index in [-0.39, 0.29) is 5.54 Å². The predicted molar refractivity (Wildman–Crippen MR) is 157 cm³/mol. The molecule has 208 valence electrons. The summed E-state index contributed by atoms with van der Waals surface area (Å²) >= 11 is 0. The van der Waals surface area contributed by atoms with E-state index in [1.807, 2.05) is 0 Å². The van der Waals surface area contributed by atoms with Gasteiger partial charge in [-0.15, -0.1) is 0 Å². The summed E-state index contributed by atoms with van der Waals surface area (Å²) in [6, 6.07) is 0. The molecule has 0 aromatic heterocycles. The van der Waals surface area contributed by atoms with Crippen LogP contribution in [0.2, 0.25) is 0 Å². The van der Waals surface area contributed by atoms with Gasteiger partial charge in [-0.2, -0.15) is 0 Å². The number of nitrogens with two attached hydrogens (primary N) is 2. The first-order valence-corrected chi connectivity index (χ1v) is 16.8. The van der Waals surface area contributed by atoms with Gasteiger partial charge in [-0.25, -0.2) is 0 Å². The van der Waals surface area contributed by atoms with Gasteiger partial charge in [0.05, 0.1) is 0 Å². The Morgan fingerprint density at radius 2 is 0.571 bits per heavy atom. The Morgan fingerprint density at radius 3 is 0.771 bits per heavy atom. The molecule has 0 saturated heterocycles. The minimum absolute atomic E-state index is 0.0311. The largest absolute Gasteiger partial charge is 0.330 e. The molecule has 2 aliphatic rings. The summed E-state index contributed by atoms with van der Waals surface area (Å²) in [6.07, 6.45) is 40.9. The van der Waals surface area contributed by atoms with Gasteiger partial charge in [0, 0.05) is 5.54 Å². The van der Waals surface area contributed by atoms with Gasteiger partial charge in [0.25, 0.3) is 0 Å². The van der Waals surface area contributed by atoms with Crippen LogP contribution in [0, 0.1) is 11.8 Å². The van der Waals surface area contributed by atoms with Crippen molar-refractivity contribution in [3.8, 4) is 0 Å². The smallest absolute Gasteiger partial charge is 0.0223 e. The molecule has 0 bridgehead atoms. The lowest BCUT2D eigenvalue weighted by atomic mass is 9.65. The number of rotatable bonds is 4. The average molecular weight is 491 g/mol. The summed E-state index contributed by atoms with van der Waals surface area (Å²) in [4.78, 5) is 0. The van der Waals surface area contributed by atoms with E-state index in [0.29, 0.717) is 11.8 Å². The van der Waals surface area contributed by atoms with Crippen LogP contribution in [0.25, 0.3) is 0 Å². The first kappa shape index (κ1) is 31.1. The highest BCUT2D eigenvalue weighted by atomic mass is 14.8. The van der Waals surface area contributed by atoms with Crippen molar-refractivity contribution in [2.24, 2.45) is 23.3 Å². The number of hydrogen-bond donors (Lipinski definition) is 2. The lowest BCUT2D eigenvalue weighted by molar-refractivity contribution is 0.119. The maximum atomic E-state index is 7.60. The molecule has 35 heavy (non-hydrogen) atoms. The van der Waals surface area contributed by atoms with E-state index in [2.05, 4.69) is 0 Å². The van der Waals surface area contributed by atoms with E-state index in [1.165, 1.54) is 180 Å². The van der Waals surface area contributed by atoms with E-state index in [4.69, 9.17) is 11.5 Å². The highest BCUT2D eigenvalue weighted by molar-refractivity contribution is 4.97. The third kappa shape index (κ3) is 13.9. The topological polar surface area (TPSA) is 52.0 Å². The maximum Gasteiger partial charge on any atom is 0.0223 e. The van der Waals surface area contributed by atoms with Crippen LogP contribution in [0.15, 0.2) is 0 Å². The fourth-order valence-electron chi connectivity index (χ4n) is 7.45. The van der Waals surface area contributed by atoms with Crippen LogP contribution in [-0.4, -0.2) is 12.1 Å². The molecule has 0 aliphatic heterocycles. The van der Waals surface area contributed by atoms with E-state index in [1.54, 1.807) is 0 Å². The SMILES string of the molecule is NCCC(N)(C1CCCCCCCCCCCCCC1)C1CCCCCCCCCCCCCC1. The van der Waals surface area contributed by atoms with Crippen molar-refractivity contribution in [2.75, 3.05) is 6.54 Å². The van der Waals surface area contributed by atoms with Gasteiger partial charge in [0.2, 0.25) is 0 Å². The highest BCUT2D eigenvalue weighted by Crippen LogP contribution is 2.40. The molecule has 2 heteroatoms. The minimum atomic E-state index is -0.0311. The van der Waals surface area contributed by atoms with Crippen LogP contribution >= 0.6 is 0 Å². The normalized spacial score (nSPS) is 24.5. The summed E-state index contributed by atoms with van der Waals surface area (Å²) in [5, 5.41) is 0. The Balaban J connectivity index is 2.05. The van der Waals surface area contributed by atoms with Crippen LogP contribution in [0.5, 0.6) is 0 Å². The Hall–Kier alpha value is -0.0800. The van der Waals surface area contributed by atoms with Crippen LogP contribution < -0.4 is 11.5 Å². The van der Waals surface area contributed by atoms with E-state index >= 15 is 0 Å². The maximum absolute atomic E-state index is 7.60. The molecule has 0 radical (unpaired) electrons. The fourth-order valence-corrected chi connectivity index (χ4v) is 7.45.